The van der Waals surface area contributed by atoms with E-state index in [1.54, 1.807) is 0 Å². The van der Waals surface area contributed by atoms with Crippen molar-refractivity contribution in [3.63, 3.8) is 0 Å². The van der Waals surface area contributed by atoms with Gasteiger partial charge in [0.25, 0.3) is 0 Å². The molecule has 5 nitrogen and oxygen atoms in total. The number of sulfonamides is 1. The molecule has 2 fully saturated rings. The highest BCUT2D eigenvalue weighted by Gasteiger charge is 2.30. The third-order valence-electron chi connectivity index (χ3n) is 3.39. The lowest BCUT2D eigenvalue weighted by atomic mass is 10.2. The van der Waals surface area contributed by atoms with Crippen molar-refractivity contribution in [1.82, 2.24) is 4.31 Å². The van der Waals surface area contributed by atoms with Gasteiger partial charge in [-0.05, 0) is 25.7 Å². The lowest BCUT2D eigenvalue weighted by Crippen LogP contribution is -2.42. The van der Waals surface area contributed by atoms with Gasteiger partial charge in [-0.15, -0.1) is 11.6 Å². The van der Waals surface area contributed by atoms with Gasteiger partial charge >= 0.3 is 0 Å². The summed E-state index contributed by atoms with van der Waals surface area (Å²) in [7, 11) is -3.40. The molecule has 0 aromatic rings. The summed E-state index contributed by atoms with van der Waals surface area (Å²) in [5, 5.41) is -0.383. The first-order valence-electron chi connectivity index (χ1n) is 6.39. The van der Waals surface area contributed by atoms with Crippen LogP contribution < -0.4 is 0 Å². The SMILES string of the molecule is O=S(=O)(CCl)N(CC1CCCO1)CC1CCCO1. The average Bonchev–Trinajstić information content (AvgIpc) is 3.01. The Morgan fingerprint density at radius 1 is 1.06 bits per heavy atom. The lowest BCUT2D eigenvalue weighted by molar-refractivity contribution is 0.0650. The maximum absolute atomic E-state index is 12.0. The molecule has 0 saturated carbocycles. The highest BCUT2D eigenvalue weighted by molar-refractivity contribution is 7.90. The number of nitrogens with zero attached hydrogens (tertiary/aromatic N) is 1. The van der Waals surface area contributed by atoms with E-state index < -0.39 is 10.0 Å². The zero-order valence-electron chi connectivity index (χ0n) is 10.4. The highest BCUT2D eigenvalue weighted by atomic mass is 35.5. The molecule has 0 aliphatic carbocycles. The van der Waals surface area contributed by atoms with Crippen LogP contribution in [-0.4, -0.2) is 56.4 Å². The Hall–Kier alpha value is 0.120. The summed E-state index contributed by atoms with van der Waals surface area (Å²) < 4.78 is 36.3. The fraction of sp³-hybridized carbons (Fsp3) is 1.00. The fourth-order valence-electron chi connectivity index (χ4n) is 2.40. The summed E-state index contributed by atoms with van der Waals surface area (Å²) in [6.07, 6.45) is 3.84. The molecular formula is C11H20ClNO4S. The third-order valence-corrected chi connectivity index (χ3v) is 5.58. The van der Waals surface area contributed by atoms with Gasteiger partial charge in [-0.1, -0.05) is 0 Å². The summed E-state index contributed by atoms with van der Waals surface area (Å²) in [6, 6.07) is 0. The molecule has 2 heterocycles. The normalized spacial score (nSPS) is 29.2. The minimum atomic E-state index is -3.40. The molecule has 0 aromatic carbocycles. The zero-order chi connectivity index (χ0) is 13.0. The van der Waals surface area contributed by atoms with Gasteiger partial charge in [0.05, 0.1) is 12.2 Å². The van der Waals surface area contributed by atoms with Gasteiger partial charge in [0.2, 0.25) is 10.0 Å². The van der Waals surface area contributed by atoms with E-state index in [-0.39, 0.29) is 17.4 Å². The minimum Gasteiger partial charge on any atom is -0.377 e. The molecule has 2 aliphatic rings. The molecule has 2 aliphatic heterocycles. The van der Waals surface area contributed by atoms with Gasteiger partial charge < -0.3 is 9.47 Å². The molecule has 2 unspecified atom stereocenters. The standard InChI is InChI=1S/C11H20ClNO4S/c12-9-18(14,15)13(7-10-3-1-5-16-10)8-11-4-2-6-17-11/h10-11H,1-9H2. The van der Waals surface area contributed by atoms with Crippen molar-refractivity contribution in [2.45, 2.75) is 37.9 Å². The van der Waals surface area contributed by atoms with Crippen LogP contribution in [0.2, 0.25) is 0 Å². The Bertz CT molecular complexity index is 332. The maximum Gasteiger partial charge on any atom is 0.228 e. The van der Waals surface area contributed by atoms with Crippen LogP contribution in [0, 0.1) is 0 Å². The first-order chi connectivity index (χ1) is 8.62. The van der Waals surface area contributed by atoms with Crippen molar-refractivity contribution in [1.29, 1.82) is 0 Å². The Balaban J connectivity index is 1.97. The molecule has 7 heteroatoms. The Morgan fingerprint density at radius 3 is 1.89 bits per heavy atom. The summed E-state index contributed by atoms with van der Waals surface area (Å²) in [4.78, 5) is 0. The molecule has 2 rings (SSSR count). The van der Waals surface area contributed by atoms with Crippen molar-refractivity contribution in [3.05, 3.63) is 0 Å². The van der Waals surface area contributed by atoms with E-state index in [1.807, 2.05) is 0 Å². The fourth-order valence-corrected chi connectivity index (χ4v) is 3.74. The lowest BCUT2D eigenvalue weighted by Gasteiger charge is -2.26. The molecule has 0 aromatic heterocycles. The first kappa shape index (κ1) is 14.5. The van der Waals surface area contributed by atoms with Crippen LogP contribution in [-0.2, 0) is 19.5 Å². The average molecular weight is 298 g/mol. The van der Waals surface area contributed by atoms with E-state index in [0.29, 0.717) is 13.1 Å². The molecule has 0 spiro atoms. The van der Waals surface area contributed by atoms with Gasteiger partial charge in [0, 0.05) is 26.3 Å². The number of rotatable bonds is 6. The number of hydrogen-bond acceptors (Lipinski definition) is 4. The van der Waals surface area contributed by atoms with Crippen molar-refractivity contribution in [3.8, 4) is 0 Å². The number of hydrogen-bond donors (Lipinski definition) is 0. The number of halogens is 1. The van der Waals surface area contributed by atoms with Crippen molar-refractivity contribution < 1.29 is 17.9 Å². The van der Waals surface area contributed by atoms with Crippen molar-refractivity contribution >= 4 is 21.6 Å². The van der Waals surface area contributed by atoms with Crippen LogP contribution >= 0.6 is 11.6 Å². The smallest absolute Gasteiger partial charge is 0.228 e. The number of alkyl halides is 1. The second-order valence-corrected chi connectivity index (χ2v) is 7.36. The van der Waals surface area contributed by atoms with E-state index in [9.17, 15) is 8.42 Å². The molecule has 2 saturated heterocycles. The van der Waals surface area contributed by atoms with Crippen molar-refractivity contribution in [2.24, 2.45) is 0 Å². The maximum atomic E-state index is 12.0. The zero-order valence-corrected chi connectivity index (χ0v) is 12.0. The van der Waals surface area contributed by atoms with Gasteiger partial charge in [-0.3, -0.25) is 0 Å². The van der Waals surface area contributed by atoms with Gasteiger partial charge in [-0.25, -0.2) is 8.42 Å². The van der Waals surface area contributed by atoms with Crippen LogP contribution in [0.3, 0.4) is 0 Å². The quantitative estimate of drug-likeness (QED) is 0.691. The molecule has 106 valence electrons. The van der Waals surface area contributed by atoms with Crippen LogP contribution in [0.1, 0.15) is 25.7 Å². The van der Waals surface area contributed by atoms with Crippen LogP contribution in [0.5, 0.6) is 0 Å². The highest BCUT2D eigenvalue weighted by Crippen LogP contribution is 2.19. The monoisotopic (exact) mass is 297 g/mol. The van der Waals surface area contributed by atoms with Crippen LogP contribution in [0.25, 0.3) is 0 Å². The summed E-state index contributed by atoms with van der Waals surface area (Å²) in [5.74, 6) is 0. The summed E-state index contributed by atoms with van der Waals surface area (Å²) in [5.41, 5.74) is 0. The molecular weight excluding hydrogens is 278 g/mol. The predicted molar refractivity (Wildman–Crippen MR) is 69.2 cm³/mol. The van der Waals surface area contributed by atoms with E-state index in [1.165, 1.54) is 4.31 Å². The first-order valence-corrected chi connectivity index (χ1v) is 8.53. The largest absolute Gasteiger partial charge is 0.377 e. The van der Waals surface area contributed by atoms with E-state index >= 15 is 0 Å². The molecule has 18 heavy (non-hydrogen) atoms. The van der Waals surface area contributed by atoms with Crippen LogP contribution in [0.15, 0.2) is 0 Å². The topological polar surface area (TPSA) is 55.8 Å². The Labute approximate surface area is 113 Å². The molecule has 0 bridgehead atoms. The minimum absolute atomic E-state index is 0.00407. The van der Waals surface area contributed by atoms with Crippen LogP contribution in [0.4, 0.5) is 0 Å². The molecule has 2 atom stereocenters. The van der Waals surface area contributed by atoms with E-state index in [2.05, 4.69) is 0 Å². The van der Waals surface area contributed by atoms with E-state index in [0.717, 1.165) is 38.9 Å². The van der Waals surface area contributed by atoms with Crippen molar-refractivity contribution in [2.75, 3.05) is 31.5 Å². The van der Waals surface area contributed by atoms with Gasteiger partial charge in [-0.2, -0.15) is 4.31 Å². The number of ether oxygens (including phenoxy) is 2. The second-order valence-electron chi connectivity index (χ2n) is 4.81. The van der Waals surface area contributed by atoms with E-state index in [4.69, 9.17) is 21.1 Å². The molecule has 0 N–H and O–H groups in total. The summed E-state index contributed by atoms with van der Waals surface area (Å²) in [6.45, 7) is 2.24. The predicted octanol–water partition coefficient (Wildman–Crippen LogP) is 1.17. The second kappa shape index (κ2) is 6.52. The summed E-state index contributed by atoms with van der Waals surface area (Å²) >= 11 is 5.55. The molecule has 0 amide bonds. The Kier molecular flexibility index (Phi) is 5.26. The van der Waals surface area contributed by atoms with Gasteiger partial charge in [0.15, 0.2) is 0 Å². The third kappa shape index (κ3) is 3.81. The Morgan fingerprint density at radius 2 is 1.56 bits per heavy atom. The molecule has 0 radical (unpaired) electrons. The van der Waals surface area contributed by atoms with Gasteiger partial charge in [0.1, 0.15) is 5.21 Å².